The molecule has 2 aromatic carbocycles. The highest BCUT2D eigenvalue weighted by molar-refractivity contribution is 6.10. The fourth-order valence-corrected chi connectivity index (χ4v) is 2.52. The predicted octanol–water partition coefficient (Wildman–Crippen LogP) is 4.21. The van der Waals surface area contributed by atoms with Gasteiger partial charge in [-0.25, -0.2) is 0 Å². The molecular weight excluding hydrogens is 328 g/mol. The summed E-state index contributed by atoms with van der Waals surface area (Å²) in [5.74, 6) is 0.0950. The van der Waals surface area contributed by atoms with Gasteiger partial charge in [0.15, 0.2) is 0 Å². The van der Waals surface area contributed by atoms with Crippen LogP contribution in [0.25, 0.3) is 0 Å². The van der Waals surface area contributed by atoms with E-state index in [0.29, 0.717) is 29.2 Å². The number of carbonyl (C=O) groups excluding carboxylic acids is 2. The summed E-state index contributed by atoms with van der Waals surface area (Å²) < 4.78 is 5.78. The van der Waals surface area contributed by atoms with Crippen molar-refractivity contribution in [1.82, 2.24) is 4.90 Å². The number of unbranched alkanes of at least 4 members (excludes halogenated alkanes) is 2. The molecular formula is C21H26N2O3. The van der Waals surface area contributed by atoms with Crippen molar-refractivity contribution in [3.8, 4) is 5.75 Å². The summed E-state index contributed by atoms with van der Waals surface area (Å²) in [5, 5.41) is 2.84. The van der Waals surface area contributed by atoms with Crippen LogP contribution < -0.4 is 10.1 Å². The van der Waals surface area contributed by atoms with Crippen molar-refractivity contribution in [2.24, 2.45) is 0 Å². The zero-order valence-corrected chi connectivity index (χ0v) is 15.6. The molecule has 0 fully saturated rings. The number of nitrogens with zero attached hydrogens (tertiary/aromatic N) is 1. The van der Waals surface area contributed by atoms with Gasteiger partial charge in [0.2, 0.25) is 0 Å². The predicted molar refractivity (Wildman–Crippen MR) is 104 cm³/mol. The summed E-state index contributed by atoms with van der Waals surface area (Å²) in [4.78, 5) is 26.5. The number of benzene rings is 2. The number of amides is 2. The average Bonchev–Trinajstić information content (AvgIpc) is 2.65. The Morgan fingerprint density at radius 2 is 1.62 bits per heavy atom. The second kappa shape index (κ2) is 9.61. The number of ether oxygens (including phenoxy) is 1. The topological polar surface area (TPSA) is 58.6 Å². The molecule has 0 atom stereocenters. The summed E-state index contributed by atoms with van der Waals surface area (Å²) in [6.07, 6.45) is 3.16. The lowest BCUT2D eigenvalue weighted by Gasteiger charge is -2.16. The number of nitrogens with one attached hydrogen (secondary N) is 1. The molecule has 0 aromatic heterocycles. The zero-order chi connectivity index (χ0) is 18.9. The smallest absolute Gasteiger partial charge is 0.259 e. The van der Waals surface area contributed by atoms with Gasteiger partial charge in [0.25, 0.3) is 11.8 Å². The molecule has 0 saturated carbocycles. The molecule has 0 aliphatic carbocycles. The minimum absolute atomic E-state index is 0.162. The molecule has 0 saturated heterocycles. The summed E-state index contributed by atoms with van der Waals surface area (Å²) in [6, 6.07) is 14.1. The third-order valence-corrected chi connectivity index (χ3v) is 3.95. The van der Waals surface area contributed by atoms with Crippen molar-refractivity contribution < 1.29 is 14.3 Å². The van der Waals surface area contributed by atoms with Gasteiger partial charge in [-0.1, -0.05) is 44.0 Å². The lowest BCUT2D eigenvalue weighted by atomic mass is 10.1. The minimum Gasteiger partial charge on any atom is -0.493 e. The highest BCUT2D eigenvalue weighted by Crippen LogP contribution is 2.22. The Hall–Kier alpha value is -2.82. The van der Waals surface area contributed by atoms with Crippen LogP contribution in [-0.2, 0) is 0 Å². The first-order chi connectivity index (χ1) is 12.5. The van der Waals surface area contributed by atoms with Crippen molar-refractivity contribution in [3.63, 3.8) is 0 Å². The first-order valence-electron chi connectivity index (χ1n) is 8.88. The quantitative estimate of drug-likeness (QED) is 0.723. The van der Waals surface area contributed by atoms with Crippen LogP contribution in [0.4, 0.5) is 5.69 Å². The van der Waals surface area contributed by atoms with Gasteiger partial charge in [-0.2, -0.15) is 0 Å². The van der Waals surface area contributed by atoms with Crippen molar-refractivity contribution in [1.29, 1.82) is 0 Å². The lowest BCUT2D eigenvalue weighted by molar-refractivity contribution is 0.0828. The van der Waals surface area contributed by atoms with Gasteiger partial charge in [0, 0.05) is 14.1 Å². The second-order valence-electron chi connectivity index (χ2n) is 6.25. The zero-order valence-electron chi connectivity index (χ0n) is 15.6. The van der Waals surface area contributed by atoms with Gasteiger partial charge in [0.05, 0.1) is 23.4 Å². The molecule has 2 rings (SSSR count). The van der Waals surface area contributed by atoms with E-state index >= 15 is 0 Å². The van der Waals surface area contributed by atoms with E-state index in [4.69, 9.17) is 4.74 Å². The van der Waals surface area contributed by atoms with E-state index < -0.39 is 0 Å². The van der Waals surface area contributed by atoms with Crippen LogP contribution in [0.2, 0.25) is 0 Å². The molecule has 2 amide bonds. The Kier molecular flexibility index (Phi) is 7.21. The monoisotopic (exact) mass is 354 g/mol. The van der Waals surface area contributed by atoms with Crippen LogP contribution >= 0.6 is 0 Å². The van der Waals surface area contributed by atoms with E-state index in [-0.39, 0.29) is 11.8 Å². The van der Waals surface area contributed by atoms with Gasteiger partial charge in [-0.15, -0.1) is 0 Å². The summed E-state index contributed by atoms with van der Waals surface area (Å²) in [6.45, 7) is 2.71. The van der Waals surface area contributed by atoms with Gasteiger partial charge < -0.3 is 15.0 Å². The Labute approximate surface area is 155 Å². The van der Waals surface area contributed by atoms with Gasteiger partial charge >= 0.3 is 0 Å². The number of hydrogen-bond donors (Lipinski definition) is 1. The van der Waals surface area contributed by atoms with Crippen molar-refractivity contribution in [2.45, 2.75) is 26.2 Å². The first kappa shape index (κ1) is 19.5. The molecule has 2 aromatic rings. The standard InChI is InChI=1S/C21H26N2O3/c1-4-5-10-15-26-19-14-9-7-12-17(19)20(24)22-18-13-8-6-11-16(18)21(25)23(2)3/h6-9,11-14H,4-5,10,15H2,1-3H3,(H,22,24). The van der Waals surface area contributed by atoms with Crippen LogP contribution in [0.15, 0.2) is 48.5 Å². The van der Waals surface area contributed by atoms with Crippen LogP contribution in [0.1, 0.15) is 46.9 Å². The Bertz CT molecular complexity index is 756. The van der Waals surface area contributed by atoms with E-state index in [2.05, 4.69) is 12.2 Å². The van der Waals surface area contributed by atoms with E-state index in [1.807, 2.05) is 6.07 Å². The number of anilines is 1. The van der Waals surface area contributed by atoms with Crippen LogP contribution in [0.5, 0.6) is 5.75 Å². The maximum Gasteiger partial charge on any atom is 0.259 e. The second-order valence-corrected chi connectivity index (χ2v) is 6.25. The maximum atomic E-state index is 12.8. The molecule has 5 heteroatoms. The molecule has 5 nitrogen and oxygen atoms in total. The van der Waals surface area contributed by atoms with Crippen molar-refractivity contribution in [3.05, 3.63) is 59.7 Å². The van der Waals surface area contributed by atoms with Crippen molar-refractivity contribution in [2.75, 3.05) is 26.0 Å². The van der Waals surface area contributed by atoms with Crippen LogP contribution in [-0.4, -0.2) is 37.4 Å². The summed E-state index contributed by atoms with van der Waals surface area (Å²) in [5.41, 5.74) is 1.39. The third-order valence-electron chi connectivity index (χ3n) is 3.95. The molecule has 1 N–H and O–H groups in total. The minimum atomic E-state index is -0.296. The lowest BCUT2D eigenvalue weighted by Crippen LogP contribution is -2.24. The molecule has 0 spiro atoms. The van der Waals surface area contributed by atoms with Gasteiger partial charge in [-0.05, 0) is 30.7 Å². The van der Waals surface area contributed by atoms with E-state index in [9.17, 15) is 9.59 Å². The maximum absolute atomic E-state index is 12.8. The third kappa shape index (κ3) is 5.09. The number of hydrogen-bond acceptors (Lipinski definition) is 3. The number of para-hydroxylation sites is 2. The van der Waals surface area contributed by atoms with E-state index in [1.54, 1.807) is 56.6 Å². The molecule has 0 heterocycles. The van der Waals surface area contributed by atoms with E-state index in [0.717, 1.165) is 19.3 Å². The summed E-state index contributed by atoms with van der Waals surface area (Å²) in [7, 11) is 3.36. The number of rotatable bonds is 8. The normalized spacial score (nSPS) is 10.3. The molecule has 0 unspecified atom stereocenters. The molecule has 0 bridgehead atoms. The molecule has 26 heavy (non-hydrogen) atoms. The molecule has 138 valence electrons. The SMILES string of the molecule is CCCCCOc1ccccc1C(=O)Nc1ccccc1C(=O)N(C)C. The average molecular weight is 354 g/mol. The van der Waals surface area contributed by atoms with Crippen LogP contribution in [0, 0.1) is 0 Å². The van der Waals surface area contributed by atoms with Crippen LogP contribution in [0.3, 0.4) is 0 Å². The molecule has 0 aliphatic rings. The molecule has 0 radical (unpaired) electrons. The number of carbonyl (C=O) groups is 2. The Morgan fingerprint density at radius 1 is 0.962 bits per heavy atom. The largest absolute Gasteiger partial charge is 0.493 e. The van der Waals surface area contributed by atoms with E-state index in [1.165, 1.54) is 4.90 Å². The van der Waals surface area contributed by atoms with Gasteiger partial charge in [-0.3, -0.25) is 9.59 Å². The van der Waals surface area contributed by atoms with Crippen molar-refractivity contribution >= 4 is 17.5 Å². The highest BCUT2D eigenvalue weighted by Gasteiger charge is 2.17. The fourth-order valence-electron chi connectivity index (χ4n) is 2.52. The summed E-state index contributed by atoms with van der Waals surface area (Å²) >= 11 is 0. The highest BCUT2D eigenvalue weighted by atomic mass is 16.5. The Balaban J connectivity index is 2.17. The Morgan fingerprint density at radius 3 is 2.31 bits per heavy atom. The molecule has 0 aliphatic heterocycles. The first-order valence-corrected chi connectivity index (χ1v) is 8.88. The fraction of sp³-hybridized carbons (Fsp3) is 0.333. The van der Waals surface area contributed by atoms with Gasteiger partial charge in [0.1, 0.15) is 5.75 Å².